The Bertz CT molecular complexity index is 1790. The van der Waals surface area contributed by atoms with Crippen LogP contribution in [0.4, 0.5) is 4.79 Å². The Morgan fingerprint density at radius 2 is 1.76 bits per heavy atom. The predicted molar refractivity (Wildman–Crippen MR) is 181 cm³/mol. The van der Waals surface area contributed by atoms with Gasteiger partial charge in [0.2, 0.25) is 21.8 Å². The molecule has 4 atom stereocenters. The van der Waals surface area contributed by atoms with E-state index in [1.54, 1.807) is 65.8 Å². The molecule has 4 rings (SSSR count). The zero-order valence-corrected chi connectivity index (χ0v) is 29.7. The summed E-state index contributed by atoms with van der Waals surface area (Å²) in [5.74, 6) is -2.65. The zero-order chi connectivity index (χ0) is 36.5. The summed E-state index contributed by atoms with van der Waals surface area (Å²) in [6, 6.07) is 4.40. The van der Waals surface area contributed by atoms with Gasteiger partial charge in [0.15, 0.2) is 0 Å². The van der Waals surface area contributed by atoms with E-state index in [4.69, 9.17) is 9.47 Å². The number of alkyl carbamates (subject to hydrolysis) is 1. The van der Waals surface area contributed by atoms with Gasteiger partial charge >= 0.3 is 11.7 Å². The first-order valence-corrected chi connectivity index (χ1v) is 17.6. The quantitative estimate of drug-likeness (QED) is 0.251. The van der Waals surface area contributed by atoms with Crippen molar-refractivity contribution in [2.45, 2.75) is 109 Å². The van der Waals surface area contributed by atoms with E-state index in [1.807, 2.05) is 0 Å². The maximum Gasteiger partial charge on any atom is 0.408 e. The number of rotatable bonds is 11. The highest BCUT2D eigenvalue weighted by molar-refractivity contribution is 7.91. The molecule has 2 aliphatic rings. The second-order valence-corrected chi connectivity index (χ2v) is 16.8. The average molecular weight is 703 g/mol. The van der Waals surface area contributed by atoms with E-state index in [0.29, 0.717) is 23.9 Å². The van der Waals surface area contributed by atoms with Crippen molar-refractivity contribution in [3.63, 3.8) is 0 Å². The Morgan fingerprint density at radius 1 is 1.10 bits per heavy atom. The third kappa shape index (κ3) is 9.16. The Balaban J connectivity index is 1.66. The normalized spacial score (nSPS) is 20.1. The molecule has 2 fully saturated rings. The highest BCUT2D eigenvalue weighted by Crippen LogP contribution is 2.30. The average Bonchev–Trinajstić information content (AvgIpc) is 3.75. The minimum Gasteiger partial charge on any atom is -0.468 e. The molecule has 1 aliphatic carbocycles. The van der Waals surface area contributed by atoms with Gasteiger partial charge in [0.05, 0.1) is 22.8 Å². The lowest BCUT2D eigenvalue weighted by molar-refractivity contribution is -0.143. The van der Waals surface area contributed by atoms with Crippen LogP contribution in [0.25, 0.3) is 11.0 Å². The molecule has 1 saturated heterocycles. The van der Waals surface area contributed by atoms with Crippen molar-refractivity contribution in [3.8, 4) is 5.88 Å². The number of ether oxygens (including phenoxy) is 2. The molecule has 0 radical (unpaired) electrons. The summed E-state index contributed by atoms with van der Waals surface area (Å²) in [5.41, 5.74) is -3.14. The lowest BCUT2D eigenvalue weighted by atomic mass is 9.85. The second kappa shape index (κ2) is 13.8. The lowest BCUT2D eigenvalue weighted by Crippen LogP contribution is -2.62. The first kappa shape index (κ1) is 37.4. The number of likely N-dealkylation sites (tertiary alicyclic amines) is 1. The maximum atomic E-state index is 14.3. The number of hydrogen-bond acceptors (Lipinski definition) is 10. The summed E-state index contributed by atoms with van der Waals surface area (Å²) < 4.78 is 38.6. The number of nitrogens with one attached hydrogen (secondary N) is 4. The molecule has 16 heteroatoms. The molecule has 0 bridgehead atoms. The Hall–Kier alpha value is -4.47. The minimum absolute atomic E-state index is 0.124. The first-order valence-electron chi connectivity index (χ1n) is 16.1. The number of carbonyl (C=O) groups excluding carboxylic acids is 4. The van der Waals surface area contributed by atoms with E-state index in [2.05, 4.69) is 31.9 Å². The van der Waals surface area contributed by atoms with Crippen molar-refractivity contribution >= 4 is 44.9 Å². The van der Waals surface area contributed by atoms with Gasteiger partial charge in [-0.2, -0.15) is 0 Å². The van der Waals surface area contributed by atoms with Crippen LogP contribution in [-0.2, 0) is 29.1 Å². The van der Waals surface area contributed by atoms with Gasteiger partial charge in [-0.1, -0.05) is 39.0 Å². The third-order valence-corrected chi connectivity index (χ3v) is 9.94. The zero-order valence-electron chi connectivity index (χ0n) is 28.9. The second-order valence-electron chi connectivity index (χ2n) is 14.8. The van der Waals surface area contributed by atoms with Crippen molar-refractivity contribution in [1.29, 1.82) is 0 Å². The summed E-state index contributed by atoms with van der Waals surface area (Å²) >= 11 is 0. The van der Waals surface area contributed by atoms with Gasteiger partial charge in [-0.15, -0.1) is 6.58 Å². The number of fused-ring (bicyclic) bond motifs is 1. The molecule has 1 aromatic heterocycles. The van der Waals surface area contributed by atoms with Crippen LogP contribution in [0.15, 0.2) is 41.7 Å². The molecule has 15 nitrogen and oxygen atoms in total. The topological polar surface area (TPSA) is 206 Å². The van der Waals surface area contributed by atoms with E-state index in [9.17, 15) is 32.4 Å². The summed E-state index contributed by atoms with van der Waals surface area (Å²) in [6.07, 6.45) is 0.210. The van der Waals surface area contributed by atoms with E-state index >= 15 is 0 Å². The predicted octanol–water partition coefficient (Wildman–Crippen LogP) is 2.27. The van der Waals surface area contributed by atoms with Crippen LogP contribution in [-0.4, -0.2) is 88.2 Å². The number of para-hydroxylation sites is 2. The first-order chi connectivity index (χ1) is 22.6. The number of aromatic nitrogens is 2. The standard InChI is InChI=1S/C33H46N6O9S/c1-9-16-33(8,29(43)38-49(45,46)20-14-15-20)37-25(40)23-17-19(47-27-26(41)34-21-12-10-11-13-22(21)35-27)18-39(23)28(42)24(31(2,3)4)36-30(44)48-32(5,6)7/h9-13,19-20,23-24H,1,14-18H2,2-8H3,(H,34,41)(H,36,44)(H,37,40)(H,38,43)/t19-,23-,24-,33+/m1/s1. The summed E-state index contributed by atoms with van der Waals surface area (Å²) in [7, 11) is -3.94. The van der Waals surface area contributed by atoms with Gasteiger partial charge in [0, 0.05) is 6.42 Å². The minimum atomic E-state index is -3.94. The van der Waals surface area contributed by atoms with E-state index in [1.165, 1.54) is 17.9 Å². The number of sulfonamides is 1. The number of H-pyrrole nitrogens is 1. The van der Waals surface area contributed by atoms with Crippen LogP contribution in [0.3, 0.4) is 0 Å². The highest BCUT2D eigenvalue weighted by Gasteiger charge is 2.49. The van der Waals surface area contributed by atoms with Crippen LogP contribution in [0.2, 0.25) is 0 Å². The summed E-state index contributed by atoms with van der Waals surface area (Å²) in [6.45, 7) is 15.1. The number of aromatic amines is 1. The van der Waals surface area contributed by atoms with Gasteiger partial charge < -0.3 is 30.0 Å². The smallest absolute Gasteiger partial charge is 0.408 e. The van der Waals surface area contributed by atoms with Crippen LogP contribution >= 0.6 is 0 Å². The molecule has 4 N–H and O–H groups in total. The van der Waals surface area contributed by atoms with Crippen LogP contribution < -0.4 is 25.7 Å². The molecule has 268 valence electrons. The third-order valence-electron chi connectivity index (χ3n) is 8.12. The molecule has 0 spiro atoms. The van der Waals surface area contributed by atoms with Crippen molar-refractivity contribution in [1.82, 2.24) is 30.2 Å². The highest BCUT2D eigenvalue weighted by atomic mass is 32.2. The molecule has 1 saturated carbocycles. The molecular formula is C33H46N6O9S. The molecule has 1 aromatic carbocycles. The van der Waals surface area contributed by atoms with Crippen LogP contribution in [0.1, 0.15) is 74.1 Å². The SMILES string of the molecule is C=CC[C@](C)(NC(=O)[C@H]1C[C@@H](Oc2nc3ccccc3[nH]c2=O)CN1C(=O)[C@@H](NC(=O)OC(C)(C)C)C(C)(C)C)C(=O)NS(=O)(=O)C1CC1. The molecule has 49 heavy (non-hydrogen) atoms. The van der Waals surface area contributed by atoms with E-state index in [-0.39, 0.29) is 25.3 Å². The Labute approximate surface area is 285 Å². The molecule has 4 amide bonds. The molecule has 0 unspecified atom stereocenters. The number of nitrogens with zero attached hydrogens (tertiary/aromatic N) is 2. The molecule has 1 aliphatic heterocycles. The molecular weight excluding hydrogens is 656 g/mol. The van der Waals surface area contributed by atoms with Crippen molar-refractivity contribution in [3.05, 3.63) is 47.3 Å². The Morgan fingerprint density at radius 3 is 2.35 bits per heavy atom. The van der Waals surface area contributed by atoms with Crippen molar-refractivity contribution in [2.24, 2.45) is 5.41 Å². The summed E-state index contributed by atoms with van der Waals surface area (Å²) in [5, 5.41) is 4.60. The van der Waals surface area contributed by atoms with Gasteiger partial charge in [0.1, 0.15) is 29.3 Å². The Kier molecular flexibility index (Phi) is 10.5. The van der Waals surface area contributed by atoms with E-state index < -0.39 is 79.4 Å². The van der Waals surface area contributed by atoms with Crippen molar-refractivity contribution < 1.29 is 37.1 Å². The largest absolute Gasteiger partial charge is 0.468 e. The fraction of sp³-hybridized carbons (Fsp3) is 0.576. The summed E-state index contributed by atoms with van der Waals surface area (Å²) in [4.78, 5) is 75.6. The van der Waals surface area contributed by atoms with Gasteiger partial charge in [0.25, 0.3) is 11.8 Å². The number of carbonyl (C=O) groups is 4. The van der Waals surface area contributed by atoms with Crippen LogP contribution in [0, 0.1) is 5.41 Å². The van der Waals surface area contributed by atoms with Crippen LogP contribution in [0.5, 0.6) is 5.88 Å². The number of hydrogen-bond donors (Lipinski definition) is 4. The van der Waals surface area contributed by atoms with Gasteiger partial charge in [-0.3, -0.25) is 23.9 Å². The van der Waals surface area contributed by atoms with E-state index in [0.717, 1.165) is 0 Å². The number of benzene rings is 1. The maximum absolute atomic E-state index is 14.3. The lowest BCUT2D eigenvalue weighted by Gasteiger charge is -2.36. The molecule has 2 aromatic rings. The van der Waals surface area contributed by atoms with Gasteiger partial charge in [-0.25, -0.2) is 18.2 Å². The molecule has 2 heterocycles. The van der Waals surface area contributed by atoms with Gasteiger partial charge in [-0.05, 0) is 64.5 Å². The fourth-order valence-corrected chi connectivity index (χ4v) is 6.82. The fourth-order valence-electron chi connectivity index (χ4n) is 5.41. The monoisotopic (exact) mass is 702 g/mol. The number of amides is 4. The van der Waals surface area contributed by atoms with Crippen molar-refractivity contribution in [2.75, 3.05) is 6.54 Å².